The van der Waals surface area contributed by atoms with Gasteiger partial charge in [-0.1, -0.05) is 6.08 Å². The lowest BCUT2D eigenvalue weighted by Crippen LogP contribution is -2.24. The maximum atomic E-state index is 12.6. The highest BCUT2D eigenvalue weighted by atomic mass is 32.2. The molecule has 0 fully saturated rings. The number of hydrogen-bond donors (Lipinski definition) is 0. The molecule has 2 aromatic carbocycles. The minimum Gasteiger partial charge on any atom is -0.496 e. The number of alkyl halides is 3. The van der Waals surface area contributed by atoms with E-state index in [-0.39, 0.29) is 12.7 Å². The Morgan fingerprint density at radius 3 is 2.43 bits per heavy atom. The zero-order chi connectivity index (χ0) is 20.6. The molecule has 0 aromatic heterocycles. The van der Waals surface area contributed by atoms with Crippen LogP contribution in [0.5, 0.6) is 11.5 Å². The first-order valence-electron chi connectivity index (χ1n) is 8.63. The highest BCUT2D eigenvalue weighted by Gasteiger charge is 2.30. The van der Waals surface area contributed by atoms with Crippen LogP contribution in [0.25, 0.3) is 0 Å². The summed E-state index contributed by atoms with van der Waals surface area (Å²) in [6, 6.07) is 10.5. The standard InChI is InChI=1S/C21H23F3O3S/c1-4-11-26-18(14-28-19-9-10-20(25-3)15(2)12-19)13-27-17-7-5-16(6-8-17)21(22,23)24/h4-10,12,18H,1,11,13-14H2,2-3H3/t18-/m1/s1. The molecule has 152 valence electrons. The van der Waals surface area contributed by atoms with Crippen molar-refractivity contribution in [1.29, 1.82) is 0 Å². The van der Waals surface area contributed by atoms with E-state index in [9.17, 15) is 13.2 Å². The lowest BCUT2D eigenvalue weighted by atomic mass is 10.2. The smallest absolute Gasteiger partial charge is 0.416 e. The zero-order valence-corrected chi connectivity index (χ0v) is 16.6. The summed E-state index contributed by atoms with van der Waals surface area (Å²) in [5, 5.41) is 0. The van der Waals surface area contributed by atoms with Crippen molar-refractivity contribution in [2.45, 2.75) is 24.1 Å². The van der Waals surface area contributed by atoms with Gasteiger partial charge < -0.3 is 14.2 Å². The second kappa shape index (κ2) is 10.4. The number of thioether (sulfide) groups is 1. The fourth-order valence-corrected chi connectivity index (χ4v) is 3.40. The molecule has 0 saturated heterocycles. The summed E-state index contributed by atoms with van der Waals surface area (Å²) < 4.78 is 54.5. The van der Waals surface area contributed by atoms with E-state index in [1.807, 2.05) is 25.1 Å². The van der Waals surface area contributed by atoms with E-state index in [0.29, 0.717) is 18.1 Å². The van der Waals surface area contributed by atoms with Crippen molar-refractivity contribution in [2.75, 3.05) is 26.1 Å². The van der Waals surface area contributed by atoms with Crippen molar-refractivity contribution in [1.82, 2.24) is 0 Å². The molecular weight excluding hydrogens is 389 g/mol. The van der Waals surface area contributed by atoms with E-state index < -0.39 is 11.7 Å². The van der Waals surface area contributed by atoms with Crippen LogP contribution in [0.15, 0.2) is 60.0 Å². The summed E-state index contributed by atoms with van der Waals surface area (Å²) in [5.74, 6) is 1.82. The van der Waals surface area contributed by atoms with Gasteiger partial charge in [-0.25, -0.2) is 0 Å². The van der Waals surface area contributed by atoms with Gasteiger partial charge in [0, 0.05) is 10.6 Å². The van der Waals surface area contributed by atoms with Crippen molar-refractivity contribution in [3.8, 4) is 11.5 Å². The van der Waals surface area contributed by atoms with Crippen molar-refractivity contribution in [3.63, 3.8) is 0 Å². The van der Waals surface area contributed by atoms with Gasteiger partial charge in [0.15, 0.2) is 0 Å². The molecule has 0 heterocycles. The Kier molecular flexibility index (Phi) is 8.26. The molecule has 3 nitrogen and oxygen atoms in total. The molecule has 0 bridgehead atoms. The molecule has 2 rings (SSSR count). The van der Waals surface area contributed by atoms with Crippen LogP contribution in [0.4, 0.5) is 13.2 Å². The maximum Gasteiger partial charge on any atom is 0.416 e. The van der Waals surface area contributed by atoms with Gasteiger partial charge in [-0.05, 0) is 55.0 Å². The largest absolute Gasteiger partial charge is 0.496 e. The van der Waals surface area contributed by atoms with Crippen LogP contribution >= 0.6 is 11.8 Å². The van der Waals surface area contributed by atoms with Crippen LogP contribution in [0.3, 0.4) is 0 Å². The quantitative estimate of drug-likeness (QED) is 0.366. The van der Waals surface area contributed by atoms with Crippen LogP contribution < -0.4 is 9.47 Å². The van der Waals surface area contributed by atoms with Crippen molar-refractivity contribution in [3.05, 3.63) is 66.2 Å². The molecule has 0 N–H and O–H groups in total. The highest BCUT2D eigenvalue weighted by molar-refractivity contribution is 7.99. The molecule has 0 spiro atoms. The molecule has 0 unspecified atom stereocenters. The maximum absolute atomic E-state index is 12.6. The third kappa shape index (κ3) is 6.80. The Morgan fingerprint density at radius 1 is 1.14 bits per heavy atom. The van der Waals surface area contributed by atoms with Gasteiger partial charge in [0.1, 0.15) is 24.2 Å². The second-order valence-corrected chi connectivity index (χ2v) is 7.11. The van der Waals surface area contributed by atoms with Crippen LogP contribution in [-0.2, 0) is 10.9 Å². The summed E-state index contributed by atoms with van der Waals surface area (Å²) in [7, 11) is 1.63. The monoisotopic (exact) mass is 412 g/mol. The van der Waals surface area contributed by atoms with Crippen molar-refractivity contribution >= 4 is 11.8 Å². The molecule has 1 atom stereocenters. The predicted octanol–water partition coefficient (Wildman–Crippen LogP) is 5.76. The number of aryl methyl sites for hydroxylation is 1. The van der Waals surface area contributed by atoms with E-state index in [1.54, 1.807) is 24.9 Å². The molecule has 0 amide bonds. The Hall–Kier alpha value is -2.12. The minimum absolute atomic E-state index is 0.224. The third-order valence-electron chi connectivity index (χ3n) is 3.87. The molecule has 0 saturated carbocycles. The first kappa shape index (κ1) is 22.2. The van der Waals surface area contributed by atoms with E-state index in [0.717, 1.165) is 28.3 Å². The van der Waals surface area contributed by atoms with Gasteiger partial charge in [-0.2, -0.15) is 13.2 Å². The van der Waals surface area contributed by atoms with Gasteiger partial charge in [0.2, 0.25) is 0 Å². The van der Waals surface area contributed by atoms with Gasteiger partial charge in [-0.3, -0.25) is 0 Å². The van der Waals surface area contributed by atoms with Crippen LogP contribution in [0, 0.1) is 6.92 Å². The second-order valence-electron chi connectivity index (χ2n) is 6.02. The zero-order valence-electron chi connectivity index (χ0n) is 15.8. The van der Waals surface area contributed by atoms with Crippen LogP contribution in [0.2, 0.25) is 0 Å². The SMILES string of the molecule is C=CCO[C@H](COc1ccc(C(F)(F)F)cc1)CSc1ccc(OC)c(C)c1. The molecule has 2 aromatic rings. The summed E-state index contributed by atoms with van der Waals surface area (Å²) in [6.45, 7) is 6.20. The summed E-state index contributed by atoms with van der Waals surface area (Å²) in [6.07, 6.45) is -2.96. The number of ether oxygens (including phenoxy) is 3. The van der Waals surface area contributed by atoms with Gasteiger partial charge >= 0.3 is 6.18 Å². The number of halogens is 3. The average Bonchev–Trinajstić information content (AvgIpc) is 2.67. The molecule has 0 aliphatic carbocycles. The Bertz CT molecular complexity index is 760. The number of benzene rings is 2. The summed E-state index contributed by atoms with van der Waals surface area (Å²) in [5.41, 5.74) is 0.335. The first-order valence-corrected chi connectivity index (χ1v) is 9.62. The predicted molar refractivity (Wildman–Crippen MR) is 105 cm³/mol. The van der Waals surface area contributed by atoms with Gasteiger partial charge in [0.25, 0.3) is 0 Å². The fraction of sp³-hybridized carbons (Fsp3) is 0.333. The van der Waals surface area contributed by atoms with E-state index in [1.165, 1.54) is 12.1 Å². The van der Waals surface area contributed by atoms with Crippen LogP contribution in [-0.4, -0.2) is 32.2 Å². The Morgan fingerprint density at radius 2 is 1.86 bits per heavy atom. The van der Waals surface area contributed by atoms with Gasteiger partial charge in [-0.15, -0.1) is 18.3 Å². The fourth-order valence-electron chi connectivity index (χ4n) is 2.41. The molecule has 0 aliphatic heterocycles. The number of rotatable bonds is 10. The minimum atomic E-state index is -4.36. The van der Waals surface area contributed by atoms with E-state index in [4.69, 9.17) is 14.2 Å². The number of hydrogen-bond acceptors (Lipinski definition) is 4. The highest BCUT2D eigenvalue weighted by Crippen LogP contribution is 2.30. The van der Waals surface area contributed by atoms with E-state index in [2.05, 4.69) is 6.58 Å². The topological polar surface area (TPSA) is 27.7 Å². The van der Waals surface area contributed by atoms with Crippen LogP contribution in [0.1, 0.15) is 11.1 Å². The lowest BCUT2D eigenvalue weighted by Gasteiger charge is -2.18. The van der Waals surface area contributed by atoms with Crippen molar-refractivity contribution < 1.29 is 27.4 Å². The number of methoxy groups -OCH3 is 1. The Labute approximate surface area is 167 Å². The third-order valence-corrected chi connectivity index (χ3v) is 5.00. The molecule has 7 heteroatoms. The lowest BCUT2D eigenvalue weighted by molar-refractivity contribution is -0.137. The average molecular weight is 412 g/mol. The summed E-state index contributed by atoms with van der Waals surface area (Å²) >= 11 is 1.61. The first-order chi connectivity index (χ1) is 13.3. The molecule has 28 heavy (non-hydrogen) atoms. The summed E-state index contributed by atoms with van der Waals surface area (Å²) in [4.78, 5) is 1.07. The molecular formula is C21H23F3O3S. The Balaban J connectivity index is 1.93. The normalized spacial score (nSPS) is 12.5. The van der Waals surface area contributed by atoms with Crippen molar-refractivity contribution in [2.24, 2.45) is 0 Å². The molecule has 0 aliphatic rings. The van der Waals surface area contributed by atoms with E-state index >= 15 is 0 Å². The molecule has 0 radical (unpaired) electrons. The van der Waals surface area contributed by atoms with Gasteiger partial charge in [0.05, 0.1) is 19.3 Å².